The summed E-state index contributed by atoms with van der Waals surface area (Å²) in [5.41, 5.74) is 2.77. The Morgan fingerprint density at radius 3 is 2.71 bits per heavy atom. The zero-order valence-corrected chi connectivity index (χ0v) is 11.4. The second-order valence-electron chi connectivity index (χ2n) is 5.27. The van der Waals surface area contributed by atoms with Crippen LogP contribution in [0.4, 0.5) is 15.8 Å². The number of halogens is 1. The Labute approximate surface area is 121 Å². The van der Waals surface area contributed by atoms with Crippen LogP contribution in [0, 0.1) is 15.9 Å². The van der Waals surface area contributed by atoms with E-state index < -0.39 is 10.7 Å². The molecule has 2 aromatic carbocycles. The van der Waals surface area contributed by atoms with E-state index in [1.165, 1.54) is 23.3 Å². The van der Waals surface area contributed by atoms with E-state index in [-0.39, 0.29) is 11.7 Å². The summed E-state index contributed by atoms with van der Waals surface area (Å²) in [4.78, 5) is 10.5. The lowest BCUT2D eigenvalue weighted by Gasteiger charge is -2.26. The van der Waals surface area contributed by atoms with Crippen molar-refractivity contribution >= 4 is 11.4 Å². The Balaban J connectivity index is 1.81. The third kappa shape index (κ3) is 2.86. The summed E-state index contributed by atoms with van der Waals surface area (Å²) in [6.45, 7) is 0. The van der Waals surface area contributed by atoms with Gasteiger partial charge >= 0.3 is 0 Å². The van der Waals surface area contributed by atoms with E-state index in [1.807, 2.05) is 12.1 Å². The van der Waals surface area contributed by atoms with Gasteiger partial charge in [-0.15, -0.1) is 0 Å². The van der Waals surface area contributed by atoms with Crippen LogP contribution in [0.5, 0.6) is 0 Å². The number of fused-ring (bicyclic) bond motifs is 1. The van der Waals surface area contributed by atoms with Crippen molar-refractivity contribution < 1.29 is 9.31 Å². The van der Waals surface area contributed by atoms with Crippen LogP contribution in [0.3, 0.4) is 0 Å². The summed E-state index contributed by atoms with van der Waals surface area (Å²) in [5, 5.41) is 14.2. The van der Waals surface area contributed by atoms with Gasteiger partial charge in [-0.25, -0.2) is 4.39 Å². The molecule has 0 spiro atoms. The zero-order valence-electron chi connectivity index (χ0n) is 11.4. The Kier molecular flexibility index (Phi) is 3.56. The lowest BCUT2D eigenvalue weighted by molar-refractivity contribution is -0.384. The first-order valence-corrected chi connectivity index (χ1v) is 6.91. The number of benzene rings is 2. The van der Waals surface area contributed by atoms with Crippen molar-refractivity contribution in [3.05, 3.63) is 69.5 Å². The molecule has 0 radical (unpaired) electrons. The fraction of sp³-hybridized carbons (Fsp3) is 0.250. The van der Waals surface area contributed by atoms with Crippen LogP contribution in [-0.2, 0) is 12.8 Å². The molecule has 1 atom stereocenters. The van der Waals surface area contributed by atoms with Crippen LogP contribution in [0.25, 0.3) is 0 Å². The molecule has 0 saturated heterocycles. The highest BCUT2D eigenvalue weighted by atomic mass is 19.1. The van der Waals surface area contributed by atoms with E-state index in [4.69, 9.17) is 0 Å². The molecule has 21 heavy (non-hydrogen) atoms. The first-order valence-electron chi connectivity index (χ1n) is 6.91. The fourth-order valence-electron chi connectivity index (χ4n) is 2.82. The summed E-state index contributed by atoms with van der Waals surface area (Å²) < 4.78 is 13.2. The standard InChI is InChI=1S/C16H15FN2O2/c17-13-6-8-15(16(10-13)19(20)21)18-14-7-5-11-3-1-2-4-12(11)9-14/h1-4,6,8,10,14,18H,5,7,9H2. The Morgan fingerprint density at radius 2 is 1.95 bits per heavy atom. The molecular formula is C16H15FN2O2. The Morgan fingerprint density at radius 1 is 1.19 bits per heavy atom. The van der Waals surface area contributed by atoms with E-state index >= 15 is 0 Å². The minimum atomic E-state index is -0.596. The van der Waals surface area contributed by atoms with Crippen LogP contribution in [-0.4, -0.2) is 11.0 Å². The lowest BCUT2D eigenvalue weighted by Crippen LogP contribution is -2.27. The third-order valence-electron chi connectivity index (χ3n) is 3.86. The number of aryl methyl sites for hydroxylation is 1. The number of nitro groups is 1. The molecule has 1 unspecified atom stereocenters. The molecule has 0 amide bonds. The maximum Gasteiger partial charge on any atom is 0.295 e. The molecule has 0 aromatic heterocycles. The molecule has 0 bridgehead atoms. The van der Waals surface area contributed by atoms with Gasteiger partial charge in [0.15, 0.2) is 0 Å². The van der Waals surface area contributed by atoms with Crippen LogP contribution >= 0.6 is 0 Å². The first-order chi connectivity index (χ1) is 10.1. The van der Waals surface area contributed by atoms with Gasteiger partial charge in [0.05, 0.1) is 11.0 Å². The molecule has 2 aromatic rings. The summed E-state index contributed by atoms with van der Waals surface area (Å²) in [6.07, 6.45) is 2.68. The minimum absolute atomic E-state index is 0.129. The summed E-state index contributed by atoms with van der Waals surface area (Å²) in [6, 6.07) is 12.0. The largest absolute Gasteiger partial charge is 0.376 e. The van der Waals surface area contributed by atoms with E-state index in [9.17, 15) is 14.5 Å². The highest BCUT2D eigenvalue weighted by Crippen LogP contribution is 2.29. The van der Waals surface area contributed by atoms with Gasteiger partial charge in [-0.2, -0.15) is 0 Å². The molecule has 4 nitrogen and oxygen atoms in total. The van der Waals surface area contributed by atoms with E-state index in [2.05, 4.69) is 17.4 Å². The number of rotatable bonds is 3. The summed E-state index contributed by atoms with van der Waals surface area (Å²) in [7, 11) is 0. The molecule has 0 fully saturated rings. The highest BCUT2D eigenvalue weighted by molar-refractivity contribution is 5.62. The van der Waals surface area contributed by atoms with Crippen molar-refractivity contribution in [1.29, 1.82) is 0 Å². The predicted octanol–water partition coefficient (Wildman–Crippen LogP) is 3.70. The van der Waals surface area contributed by atoms with E-state index in [1.54, 1.807) is 0 Å². The van der Waals surface area contributed by atoms with Crippen molar-refractivity contribution in [2.45, 2.75) is 25.3 Å². The van der Waals surface area contributed by atoms with Crippen molar-refractivity contribution in [2.75, 3.05) is 5.32 Å². The fourth-order valence-corrected chi connectivity index (χ4v) is 2.82. The van der Waals surface area contributed by atoms with E-state index in [0.717, 1.165) is 25.3 Å². The monoisotopic (exact) mass is 286 g/mol. The average molecular weight is 286 g/mol. The van der Waals surface area contributed by atoms with Crippen LogP contribution < -0.4 is 5.32 Å². The van der Waals surface area contributed by atoms with Gasteiger partial charge in [-0.3, -0.25) is 10.1 Å². The number of hydrogen-bond donors (Lipinski definition) is 1. The Bertz CT molecular complexity index is 688. The highest BCUT2D eigenvalue weighted by Gasteiger charge is 2.22. The minimum Gasteiger partial charge on any atom is -0.376 e. The van der Waals surface area contributed by atoms with Crippen LogP contribution in [0.15, 0.2) is 42.5 Å². The molecule has 108 valence electrons. The molecule has 0 saturated carbocycles. The molecule has 0 aliphatic heterocycles. The molecule has 0 heterocycles. The van der Waals surface area contributed by atoms with Crippen LogP contribution in [0.1, 0.15) is 17.5 Å². The maximum atomic E-state index is 13.2. The van der Waals surface area contributed by atoms with Gasteiger partial charge < -0.3 is 5.32 Å². The van der Waals surface area contributed by atoms with Crippen molar-refractivity contribution in [2.24, 2.45) is 0 Å². The zero-order chi connectivity index (χ0) is 14.8. The molecular weight excluding hydrogens is 271 g/mol. The van der Waals surface area contributed by atoms with Gasteiger partial charge in [0.25, 0.3) is 5.69 Å². The second kappa shape index (κ2) is 5.52. The van der Waals surface area contributed by atoms with E-state index in [0.29, 0.717) is 5.69 Å². The summed E-state index contributed by atoms with van der Waals surface area (Å²) in [5.74, 6) is -0.596. The second-order valence-corrected chi connectivity index (χ2v) is 5.27. The maximum absolute atomic E-state index is 13.2. The number of nitrogens with one attached hydrogen (secondary N) is 1. The quantitative estimate of drug-likeness (QED) is 0.691. The average Bonchev–Trinajstić information content (AvgIpc) is 2.49. The van der Waals surface area contributed by atoms with Crippen molar-refractivity contribution in [3.8, 4) is 0 Å². The summed E-state index contributed by atoms with van der Waals surface area (Å²) >= 11 is 0. The van der Waals surface area contributed by atoms with Gasteiger partial charge in [0, 0.05) is 6.04 Å². The Hall–Kier alpha value is -2.43. The number of nitro benzene ring substituents is 1. The van der Waals surface area contributed by atoms with Gasteiger partial charge in [0.1, 0.15) is 11.5 Å². The molecule has 5 heteroatoms. The van der Waals surface area contributed by atoms with Crippen LogP contribution in [0.2, 0.25) is 0 Å². The number of anilines is 1. The first kappa shape index (κ1) is 13.5. The molecule has 3 rings (SSSR count). The number of nitrogens with zero attached hydrogens (tertiary/aromatic N) is 1. The molecule has 1 aliphatic rings. The normalized spacial score (nSPS) is 17.1. The lowest BCUT2D eigenvalue weighted by atomic mass is 9.88. The molecule has 1 aliphatic carbocycles. The van der Waals surface area contributed by atoms with Gasteiger partial charge in [-0.1, -0.05) is 24.3 Å². The smallest absolute Gasteiger partial charge is 0.295 e. The van der Waals surface area contributed by atoms with Crippen molar-refractivity contribution in [3.63, 3.8) is 0 Å². The topological polar surface area (TPSA) is 55.2 Å². The van der Waals surface area contributed by atoms with Gasteiger partial charge in [-0.05, 0) is 42.5 Å². The molecule has 1 N–H and O–H groups in total. The number of hydrogen-bond acceptors (Lipinski definition) is 3. The SMILES string of the molecule is O=[N+]([O-])c1cc(F)ccc1NC1CCc2ccccc2C1. The van der Waals surface area contributed by atoms with Gasteiger partial charge in [0.2, 0.25) is 0 Å². The van der Waals surface area contributed by atoms with Crippen molar-refractivity contribution in [1.82, 2.24) is 0 Å². The third-order valence-corrected chi connectivity index (χ3v) is 3.86. The predicted molar refractivity (Wildman–Crippen MR) is 78.9 cm³/mol.